The summed E-state index contributed by atoms with van der Waals surface area (Å²) in [6, 6.07) is 11.4. The summed E-state index contributed by atoms with van der Waals surface area (Å²) in [4.78, 5) is 42.9. The molecule has 1 fully saturated rings. The number of ether oxygens (including phenoxy) is 1. The molecular formula is C30H31N9O4. The Kier molecular flexibility index (Phi) is 8.82. The highest BCUT2D eigenvalue weighted by molar-refractivity contribution is 6.08. The van der Waals surface area contributed by atoms with Gasteiger partial charge in [0.2, 0.25) is 0 Å². The molecule has 220 valence electrons. The molecule has 1 aliphatic heterocycles. The first-order valence-electron chi connectivity index (χ1n) is 13.6. The fourth-order valence-electron chi connectivity index (χ4n) is 4.68. The molecule has 4 aromatic heterocycles. The monoisotopic (exact) mass is 581 g/mol. The molecule has 0 radical (unpaired) electrons. The van der Waals surface area contributed by atoms with Gasteiger partial charge in [-0.3, -0.25) is 14.5 Å². The van der Waals surface area contributed by atoms with E-state index in [0.29, 0.717) is 41.5 Å². The maximum atomic E-state index is 13.1. The molecule has 43 heavy (non-hydrogen) atoms. The van der Waals surface area contributed by atoms with Crippen molar-refractivity contribution in [2.45, 2.75) is 19.8 Å². The number of hydrogen-bond donors (Lipinski definition) is 2. The minimum absolute atomic E-state index is 0.00587. The second kappa shape index (κ2) is 13.0. The molecule has 0 bridgehead atoms. The van der Waals surface area contributed by atoms with E-state index in [9.17, 15) is 4.79 Å². The highest BCUT2D eigenvalue weighted by atomic mass is 16.5. The molecule has 5 aromatic rings. The normalized spacial score (nSPS) is 13.9. The largest absolute Gasteiger partial charge is 0.483 e. The van der Waals surface area contributed by atoms with Gasteiger partial charge in [-0.15, -0.1) is 0 Å². The maximum absolute atomic E-state index is 13.1. The van der Waals surface area contributed by atoms with Gasteiger partial charge in [0.25, 0.3) is 12.4 Å². The molecule has 1 aliphatic rings. The Morgan fingerprint density at radius 2 is 1.93 bits per heavy atom. The molecule has 0 spiro atoms. The zero-order chi connectivity index (χ0) is 30.3. The molecule has 0 atom stereocenters. The van der Waals surface area contributed by atoms with Crippen molar-refractivity contribution in [3.63, 3.8) is 0 Å². The first kappa shape index (κ1) is 29.1. The second-order valence-corrected chi connectivity index (χ2v) is 10.0. The average molecular weight is 582 g/mol. The molecule has 0 unspecified atom stereocenters. The molecule has 6 rings (SSSR count). The Morgan fingerprint density at radius 3 is 2.72 bits per heavy atom. The average Bonchev–Trinajstić information content (AvgIpc) is 3.61. The van der Waals surface area contributed by atoms with Gasteiger partial charge in [0.05, 0.1) is 11.7 Å². The standard InChI is InChI=1S/C29H29N9O2.CH2O2/c1-19-13-21(6-7-25(19)40-22-9-12-38-27(14-22)32-18-34-38)35-28-23-15-26(30-16-24(23)31-17-33-28)37-11-8-20(29(37)39)5-4-10-36(2)3;2-1-3/h5-7,9,12-18H,4,8,10-11H2,1-3H3,(H,31,33,35);1H,(H,2,3)/b20-5+;. The Hall–Kier alpha value is -5.43. The lowest BCUT2D eigenvalue weighted by Gasteiger charge is -2.16. The number of rotatable bonds is 8. The number of carbonyl (C=O) groups is 2. The van der Waals surface area contributed by atoms with Crippen molar-refractivity contribution in [2.75, 3.05) is 37.4 Å². The number of pyridine rings is 2. The SMILES string of the molecule is Cc1cc(Nc2ncnc3cnc(N4CC/C(=C\CCN(C)C)C4=O)cc23)ccc1Oc1ccn2ncnc2c1.O=CO. The zero-order valence-corrected chi connectivity index (χ0v) is 24.0. The van der Waals surface area contributed by atoms with E-state index >= 15 is 0 Å². The van der Waals surface area contributed by atoms with Gasteiger partial charge in [0, 0.05) is 42.0 Å². The van der Waals surface area contributed by atoms with E-state index in [-0.39, 0.29) is 12.4 Å². The van der Waals surface area contributed by atoms with Gasteiger partial charge in [-0.2, -0.15) is 5.10 Å². The number of nitrogens with one attached hydrogen (secondary N) is 1. The van der Waals surface area contributed by atoms with E-state index in [1.807, 2.05) is 69.7 Å². The Balaban J connectivity index is 0.00000118. The van der Waals surface area contributed by atoms with Gasteiger partial charge in [-0.1, -0.05) is 6.08 Å². The van der Waals surface area contributed by atoms with Crippen molar-refractivity contribution in [2.24, 2.45) is 0 Å². The Labute approximate surface area is 247 Å². The summed E-state index contributed by atoms with van der Waals surface area (Å²) in [7, 11) is 4.05. The van der Waals surface area contributed by atoms with Crippen LogP contribution in [-0.2, 0) is 9.59 Å². The number of aromatic nitrogens is 6. The van der Waals surface area contributed by atoms with Crippen LogP contribution >= 0.6 is 0 Å². The van der Waals surface area contributed by atoms with Crippen molar-refractivity contribution in [3.05, 3.63) is 78.7 Å². The summed E-state index contributed by atoms with van der Waals surface area (Å²) >= 11 is 0. The van der Waals surface area contributed by atoms with E-state index < -0.39 is 0 Å². The van der Waals surface area contributed by atoms with Crippen LogP contribution in [0.4, 0.5) is 17.3 Å². The fraction of sp³-hybridized carbons (Fsp3) is 0.233. The molecule has 0 saturated carbocycles. The highest BCUT2D eigenvalue weighted by Gasteiger charge is 2.28. The molecule has 2 N–H and O–H groups in total. The third kappa shape index (κ3) is 6.73. The van der Waals surface area contributed by atoms with Crippen LogP contribution in [0.1, 0.15) is 18.4 Å². The van der Waals surface area contributed by atoms with Crippen LogP contribution in [-0.4, -0.2) is 79.1 Å². The molecule has 1 saturated heterocycles. The minimum atomic E-state index is -0.250. The molecule has 13 heteroatoms. The summed E-state index contributed by atoms with van der Waals surface area (Å²) in [5.41, 5.74) is 4.04. The Bertz CT molecular complexity index is 1800. The zero-order valence-electron chi connectivity index (χ0n) is 24.0. The van der Waals surface area contributed by atoms with Gasteiger partial charge < -0.3 is 20.1 Å². The third-order valence-electron chi connectivity index (χ3n) is 6.79. The van der Waals surface area contributed by atoms with Crippen molar-refractivity contribution in [1.29, 1.82) is 0 Å². The number of benzene rings is 1. The molecule has 1 aromatic carbocycles. The van der Waals surface area contributed by atoms with Crippen LogP contribution in [0.2, 0.25) is 0 Å². The third-order valence-corrected chi connectivity index (χ3v) is 6.79. The van der Waals surface area contributed by atoms with E-state index in [2.05, 4.69) is 35.3 Å². The van der Waals surface area contributed by atoms with Crippen molar-refractivity contribution >= 4 is 46.3 Å². The van der Waals surface area contributed by atoms with Crippen LogP contribution in [0.5, 0.6) is 11.5 Å². The lowest BCUT2D eigenvalue weighted by molar-refractivity contribution is -0.123. The summed E-state index contributed by atoms with van der Waals surface area (Å²) < 4.78 is 7.78. The van der Waals surface area contributed by atoms with E-state index in [4.69, 9.17) is 14.6 Å². The van der Waals surface area contributed by atoms with Crippen LogP contribution in [0, 0.1) is 6.92 Å². The lowest BCUT2D eigenvalue weighted by Crippen LogP contribution is -2.25. The Morgan fingerprint density at radius 1 is 1.09 bits per heavy atom. The fourth-order valence-corrected chi connectivity index (χ4v) is 4.68. The summed E-state index contributed by atoms with van der Waals surface area (Å²) in [6.45, 7) is 3.24. The summed E-state index contributed by atoms with van der Waals surface area (Å²) in [6.07, 6.45) is 10.1. The van der Waals surface area contributed by atoms with Crippen molar-refractivity contribution < 1.29 is 19.4 Å². The predicted molar refractivity (Wildman–Crippen MR) is 162 cm³/mol. The molecule has 13 nitrogen and oxygen atoms in total. The van der Waals surface area contributed by atoms with Crippen molar-refractivity contribution in [3.8, 4) is 11.5 Å². The number of amides is 1. The number of anilines is 3. The number of hydrogen-bond acceptors (Lipinski definition) is 10. The number of carbonyl (C=O) groups excluding carboxylic acids is 1. The van der Waals surface area contributed by atoms with Crippen LogP contribution in [0.3, 0.4) is 0 Å². The molecular weight excluding hydrogens is 550 g/mol. The number of carboxylic acid groups (broad SMARTS) is 1. The quantitative estimate of drug-likeness (QED) is 0.200. The molecule has 1 amide bonds. The van der Waals surface area contributed by atoms with Gasteiger partial charge in [0.15, 0.2) is 5.65 Å². The first-order valence-corrected chi connectivity index (χ1v) is 13.6. The van der Waals surface area contributed by atoms with Crippen LogP contribution in [0.15, 0.2) is 73.1 Å². The summed E-state index contributed by atoms with van der Waals surface area (Å²) in [5.74, 6) is 2.64. The van der Waals surface area contributed by atoms with Gasteiger partial charge in [-0.05, 0) is 69.8 Å². The van der Waals surface area contributed by atoms with E-state index in [1.165, 1.54) is 12.7 Å². The highest BCUT2D eigenvalue weighted by Crippen LogP contribution is 2.32. The van der Waals surface area contributed by atoms with Gasteiger partial charge in [-0.25, -0.2) is 24.5 Å². The molecule has 0 aliphatic carbocycles. The maximum Gasteiger partial charge on any atom is 0.290 e. The predicted octanol–water partition coefficient (Wildman–Crippen LogP) is 4.23. The number of nitrogens with zero attached hydrogens (tertiary/aromatic N) is 8. The van der Waals surface area contributed by atoms with E-state index in [1.54, 1.807) is 15.6 Å². The molecule has 5 heterocycles. The van der Waals surface area contributed by atoms with Crippen LogP contribution in [0.25, 0.3) is 16.6 Å². The summed E-state index contributed by atoms with van der Waals surface area (Å²) in [5, 5.41) is 15.2. The topological polar surface area (TPSA) is 151 Å². The first-order chi connectivity index (χ1) is 20.9. The second-order valence-electron chi connectivity index (χ2n) is 10.0. The number of fused-ring (bicyclic) bond motifs is 2. The van der Waals surface area contributed by atoms with Crippen molar-refractivity contribution in [1.82, 2.24) is 34.4 Å². The minimum Gasteiger partial charge on any atom is -0.483 e. The van der Waals surface area contributed by atoms with Gasteiger partial charge >= 0.3 is 0 Å². The van der Waals surface area contributed by atoms with Gasteiger partial charge in [0.1, 0.15) is 35.8 Å². The number of aryl methyl sites for hydroxylation is 1. The lowest BCUT2D eigenvalue weighted by atomic mass is 10.2. The van der Waals surface area contributed by atoms with Crippen LogP contribution < -0.4 is 15.0 Å². The smallest absolute Gasteiger partial charge is 0.290 e. The van der Waals surface area contributed by atoms with E-state index in [0.717, 1.165) is 40.9 Å².